The van der Waals surface area contributed by atoms with Gasteiger partial charge in [0.2, 0.25) is 0 Å². The highest BCUT2D eigenvalue weighted by Gasteiger charge is 2.03. The largest absolute Gasteiger partial charge is 0.382 e. The Morgan fingerprint density at radius 3 is 2.67 bits per heavy atom. The van der Waals surface area contributed by atoms with Gasteiger partial charge >= 0.3 is 0 Å². The summed E-state index contributed by atoms with van der Waals surface area (Å²) in [4.78, 5) is 2.22. The highest BCUT2D eigenvalue weighted by molar-refractivity contribution is 6.30. The van der Waals surface area contributed by atoms with Gasteiger partial charge in [-0.3, -0.25) is 5.10 Å². The quantitative estimate of drug-likeness (QED) is 0.871. The number of aromatic amines is 1. The first-order valence-corrected chi connectivity index (χ1v) is 6.24. The van der Waals surface area contributed by atoms with Gasteiger partial charge in [0.15, 0.2) is 0 Å². The van der Waals surface area contributed by atoms with E-state index in [1.807, 2.05) is 18.2 Å². The van der Waals surface area contributed by atoms with Crippen molar-refractivity contribution in [3.63, 3.8) is 0 Å². The first-order valence-electron chi connectivity index (χ1n) is 5.86. The summed E-state index contributed by atoms with van der Waals surface area (Å²) >= 11 is 5.85. The van der Waals surface area contributed by atoms with Gasteiger partial charge in [0.05, 0.1) is 5.69 Å². The molecule has 0 aliphatic carbocycles. The Labute approximate surface area is 112 Å². The second-order valence-electron chi connectivity index (χ2n) is 4.43. The number of anilines is 1. The maximum atomic E-state index is 5.85. The van der Waals surface area contributed by atoms with Crippen molar-refractivity contribution in [3.05, 3.63) is 46.6 Å². The normalized spacial score (nSPS) is 11.1. The molecule has 0 unspecified atom stereocenters. The molecule has 3 N–H and O–H groups in total. The molecule has 0 bridgehead atoms. The lowest BCUT2D eigenvalue weighted by Crippen LogP contribution is -2.20. The number of halogens is 1. The topological polar surface area (TPSA) is 57.9 Å². The molecule has 1 heterocycles. The van der Waals surface area contributed by atoms with E-state index in [9.17, 15) is 0 Å². The molecule has 0 spiro atoms. The van der Waals surface area contributed by atoms with Crippen molar-refractivity contribution < 1.29 is 0 Å². The highest BCUT2D eigenvalue weighted by Crippen LogP contribution is 2.10. The zero-order valence-corrected chi connectivity index (χ0v) is 11.1. The Morgan fingerprint density at radius 1 is 1.33 bits per heavy atom. The van der Waals surface area contributed by atoms with Crippen LogP contribution < -0.4 is 5.73 Å². The minimum absolute atomic E-state index is 0.538. The van der Waals surface area contributed by atoms with Crippen LogP contribution in [0.1, 0.15) is 11.3 Å². The van der Waals surface area contributed by atoms with Crippen LogP contribution in [0.3, 0.4) is 0 Å². The number of benzene rings is 1. The predicted molar refractivity (Wildman–Crippen MR) is 74.5 cm³/mol. The number of aromatic nitrogens is 2. The molecular weight excluding hydrogens is 248 g/mol. The summed E-state index contributed by atoms with van der Waals surface area (Å²) in [6, 6.07) is 9.83. The minimum Gasteiger partial charge on any atom is -0.382 e. The Morgan fingerprint density at radius 2 is 2.06 bits per heavy atom. The van der Waals surface area contributed by atoms with E-state index in [1.54, 1.807) is 0 Å². The van der Waals surface area contributed by atoms with Crippen LogP contribution in [0, 0.1) is 0 Å². The Balaban J connectivity index is 1.81. The number of H-pyrrole nitrogens is 1. The summed E-state index contributed by atoms with van der Waals surface area (Å²) in [5, 5.41) is 7.59. The lowest BCUT2D eigenvalue weighted by Gasteiger charge is -2.15. The van der Waals surface area contributed by atoms with E-state index in [-0.39, 0.29) is 0 Å². The van der Waals surface area contributed by atoms with E-state index < -0.39 is 0 Å². The van der Waals surface area contributed by atoms with E-state index in [4.69, 9.17) is 17.3 Å². The molecule has 0 amide bonds. The van der Waals surface area contributed by atoms with Crippen LogP contribution in [-0.4, -0.2) is 28.7 Å². The molecule has 0 saturated heterocycles. The molecule has 0 aliphatic rings. The lowest BCUT2D eigenvalue weighted by atomic mass is 10.1. The molecule has 0 radical (unpaired) electrons. The SMILES string of the molecule is CN(CCc1ccc(Cl)cc1)Cc1cc(N)n[nH]1. The van der Waals surface area contributed by atoms with Crippen LogP contribution in [0.15, 0.2) is 30.3 Å². The molecule has 0 saturated carbocycles. The van der Waals surface area contributed by atoms with E-state index in [0.29, 0.717) is 5.82 Å². The van der Waals surface area contributed by atoms with Crippen LogP contribution in [0.2, 0.25) is 5.02 Å². The number of nitrogens with one attached hydrogen (secondary N) is 1. The van der Waals surface area contributed by atoms with Gasteiger partial charge in [-0.1, -0.05) is 23.7 Å². The van der Waals surface area contributed by atoms with Crippen molar-refractivity contribution in [2.45, 2.75) is 13.0 Å². The summed E-state index contributed by atoms with van der Waals surface area (Å²) in [6.45, 7) is 1.79. The van der Waals surface area contributed by atoms with Crippen LogP contribution in [0.25, 0.3) is 0 Å². The standard InChI is InChI=1S/C13H17ClN4/c1-18(9-12-8-13(15)17-16-12)7-6-10-2-4-11(14)5-3-10/h2-5,8H,6-7,9H2,1H3,(H3,15,16,17). The molecule has 4 nitrogen and oxygen atoms in total. The lowest BCUT2D eigenvalue weighted by molar-refractivity contribution is 0.327. The molecule has 18 heavy (non-hydrogen) atoms. The number of hydrogen-bond acceptors (Lipinski definition) is 3. The molecule has 0 aliphatic heterocycles. The summed E-state index contributed by atoms with van der Waals surface area (Å²) in [6.07, 6.45) is 0.997. The van der Waals surface area contributed by atoms with E-state index in [2.05, 4.69) is 34.3 Å². The van der Waals surface area contributed by atoms with Gasteiger partial charge in [-0.2, -0.15) is 5.10 Å². The molecule has 2 rings (SSSR count). The van der Waals surface area contributed by atoms with Gasteiger partial charge < -0.3 is 10.6 Å². The van der Waals surface area contributed by atoms with Crippen molar-refractivity contribution in [3.8, 4) is 0 Å². The summed E-state index contributed by atoms with van der Waals surface area (Å²) in [5.41, 5.74) is 7.88. The monoisotopic (exact) mass is 264 g/mol. The van der Waals surface area contributed by atoms with E-state index >= 15 is 0 Å². The van der Waals surface area contributed by atoms with Crippen LogP contribution in [-0.2, 0) is 13.0 Å². The third-order valence-corrected chi connectivity index (χ3v) is 3.04. The van der Waals surface area contributed by atoms with Crippen LogP contribution in [0.5, 0.6) is 0 Å². The predicted octanol–water partition coefficient (Wildman–Crippen LogP) is 2.32. The number of rotatable bonds is 5. The minimum atomic E-state index is 0.538. The van der Waals surface area contributed by atoms with Crippen molar-refractivity contribution in [1.82, 2.24) is 15.1 Å². The maximum Gasteiger partial charge on any atom is 0.145 e. The zero-order valence-electron chi connectivity index (χ0n) is 10.4. The summed E-state index contributed by atoms with van der Waals surface area (Å²) in [7, 11) is 2.08. The Bertz CT molecular complexity index is 492. The number of nitrogen functional groups attached to an aromatic ring is 1. The third-order valence-electron chi connectivity index (χ3n) is 2.79. The van der Waals surface area contributed by atoms with Gasteiger partial charge in [-0.05, 0) is 31.2 Å². The molecule has 5 heteroatoms. The fourth-order valence-corrected chi connectivity index (χ4v) is 1.93. The summed E-state index contributed by atoms with van der Waals surface area (Å²) < 4.78 is 0. The van der Waals surface area contributed by atoms with Crippen molar-refractivity contribution in [1.29, 1.82) is 0 Å². The van der Waals surface area contributed by atoms with E-state index in [0.717, 1.165) is 30.2 Å². The fourth-order valence-electron chi connectivity index (χ4n) is 1.80. The molecule has 1 aromatic heterocycles. The number of likely N-dealkylation sites (N-methyl/N-ethyl adjacent to an activating group) is 1. The van der Waals surface area contributed by atoms with Gasteiger partial charge in [0.25, 0.3) is 0 Å². The Kier molecular flexibility index (Phi) is 4.23. The first kappa shape index (κ1) is 12.9. The third kappa shape index (κ3) is 3.75. The maximum absolute atomic E-state index is 5.85. The highest BCUT2D eigenvalue weighted by atomic mass is 35.5. The van der Waals surface area contributed by atoms with E-state index in [1.165, 1.54) is 5.56 Å². The fraction of sp³-hybridized carbons (Fsp3) is 0.308. The smallest absolute Gasteiger partial charge is 0.145 e. The van der Waals surface area contributed by atoms with Gasteiger partial charge in [0, 0.05) is 24.2 Å². The second-order valence-corrected chi connectivity index (χ2v) is 4.87. The number of nitrogens with zero attached hydrogens (tertiary/aromatic N) is 2. The molecule has 96 valence electrons. The molecular formula is C13H17ClN4. The Hall–Kier alpha value is -1.52. The van der Waals surface area contributed by atoms with Gasteiger partial charge in [0.1, 0.15) is 5.82 Å². The van der Waals surface area contributed by atoms with Crippen LogP contribution >= 0.6 is 11.6 Å². The second kappa shape index (κ2) is 5.89. The van der Waals surface area contributed by atoms with Crippen molar-refractivity contribution in [2.75, 3.05) is 19.3 Å². The zero-order chi connectivity index (χ0) is 13.0. The molecule has 1 aromatic carbocycles. The van der Waals surface area contributed by atoms with Crippen LogP contribution in [0.4, 0.5) is 5.82 Å². The van der Waals surface area contributed by atoms with Crippen molar-refractivity contribution in [2.24, 2.45) is 0 Å². The molecule has 0 fully saturated rings. The summed E-state index contributed by atoms with van der Waals surface area (Å²) in [5.74, 6) is 0.538. The van der Waals surface area contributed by atoms with Crippen molar-refractivity contribution >= 4 is 17.4 Å². The molecule has 0 atom stereocenters. The molecule has 2 aromatic rings. The van der Waals surface area contributed by atoms with Gasteiger partial charge in [-0.15, -0.1) is 0 Å². The van der Waals surface area contributed by atoms with Gasteiger partial charge in [-0.25, -0.2) is 0 Å². The number of hydrogen-bond donors (Lipinski definition) is 2. The average molecular weight is 265 g/mol. The number of nitrogens with two attached hydrogens (primary N) is 1. The first-order chi connectivity index (χ1) is 8.63. The average Bonchev–Trinajstić information content (AvgIpc) is 2.74.